The van der Waals surface area contributed by atoms with Crippen LogP contribution in [0.15, 0.2) is 18.3 Å². The lowest BCUT2D eigenvalue weighted by molar-refractivity contribution is -0.142. The highest BCUT2D eigenvalue weighted by atomic mass is 19.4. The number of hydrogen-bond acceptors (Lipinski definition) is 2. The van der Waals surface area contributed by atoms with Crippen LogP contribution < -0.4 is 5.32 Å². The van der Waals surface area contributed by atoms with Crippen molar-refractivity contribution >= 4 is 11.9 Å². The van der Waals surface area contributed by atoms with Crippen molar-refractivity contribution in [3.63, 3.8) is 0 Å². The Hall–Kier alpha value is -1.99. The van der Waals surface area contributed by atoms with E-state index in [2.05, 4.69) is 5.32 Å². The quantitative estimate of drug-likeness (QED) is 0.894. The Bertz CT molecular complexity index is 539. The van der Waals surface area contributed by atoms with Crippen molar-refractivity contribution in [2.75, 3.05) is 0 Å². The summed E-state index contributed by atoms with van der Waals surface area (Å²) < 4.78 is 38.0. The highest BCUT2D eigenvalue weighted by Gasteiger charge is 2.32. The molecule has 0 aromatic carbocycles. The van der Waals surface area contributed by atoms with Gasteiger partial charge in [-0.25, -0.2) is 0 Å². The fourth-order valence-corrected chi connectivity index (χ4v) is 2.55. The van der Waals surface area contributed by atoms with Gasteiger partial charge in [0.05, 0.1) is 5.92 Å². The molecule has 2 N–H and O–H groups in total. The van der Waals surface area contributed by atoms with E-state index in [0.717, 1.165) is 4.57 Å². The van der Waals surface area contributed by atoms with Crippen LogP contribution in [-0.4, -0.2) is 33.8 Å². The molecule has 1 saturated carbocycles. The Morgan fingerprint density at radius 3 is 2.67 bits per heavy atom. The van der Waals surface area contributed by atoms with Crippen molar-refractivity contribution in [3.8, 4) is 0 Å². The minimum absolute atomic E-state index is 0.0777. The van der Waals surface area contributed by atoms with Crippen LogP contribution in [0.1, 0.15) is 29.8 Å². The smallest absolute Gasteiger partial charge is 0.406 e. The topological polar surface area (TPSA) is 71.3 Å². The predicted octanol–water partition coefficient (Wildman–Crippen LogP) is 2.03. The van der Waals surface area contributed by atoms with E-state index in [1.54, 1.807) is 0 Å². The summed E-state index contributed by atoms with van der Waals surface area (Å²) in [4.78, 5) is 22.8. The van der Waals surface area contributed by atoms with E-state index in [9.17, 15) is 22.8 Å². The molecule has 1 amide bonds. The molecule has 0 bridgehead atoms. The molecule has 0 spiro atoms. The minimum atomic E-state index is -4.41. The summed E-state index contributed by atoms with van der Waals surface area (Å²) in [6, 6.07) is 2.37. The Balaban J connectivity index is 1.99. The molecule has 1 aliphatic carbocycles. The first kappa shape index (κ1) is 15.4. The van der Waals surface area contributed by atoms with Crippen LogP contribution in [0.25, 0.3) is 0 Å². The first-order valence-electron chi connectivity index (χ1n) is 6.52. The zero-order valence-corrected chi connectivity index (χ0v) is 11.1. The number of aliphatic carboxylic acids is 1. The van der Waals surface area contributed by atoms with Gasteiger partial charge in [-0.05, 0) is 31.4 Å². The molecule has 2 rings (SSSR count). The van der Waals surface area contributed by atoms with Crippen LogP contribution in [0.4, 0.5) is 13.2 Å². The van der Waals surface area contributed by atoms with Gasteiger partial charge in [0, 0.05) is 12.2 Å². The van der Waals surface area contributed by atoms with Crippen LogP contribution in [0.3, 0.4) is 0 Å². The lowest BCUT2D eigenvalue weighted by Gasteiger charge is -2.15. The first-order chi connectivity index (χ1) is 9.76. The Labute approximate surface area is 118 Å². The Kier molecular flexibility index (Phi) is 4.24. The first-order valence-corrected chi connectivity index (χ1v) is 6.52. The van der Waals surface area contributed by atoms with E-state index in [1.165, 1.54) is 18.3 Å². The van der Waals surface area contributed by atoms with Crippen molar-refractivity contribution in [2.45, 2.75) is 38.0 Å². The largest absolute Gasteiger partial charge is 0.481 e. The highest BCUT2D eigenvalue weighted by molar-refractivity contribution is 5.93. The molecule has 1 aliphatic rings. The number of carbonyl (C=O) groups is 2. The highest BCUT2D eigenvalue weighted by Crippen LogP contribution is 2.26. The van der Waals surface area contributed by atoms with Gasteiger partial charge in [0.1, 0.15) is 12.2 Å². The van der Waals surface area contributed by atoms with Gasteiger partial charge in [-0.3, -0.25) is 9.59 Å². The van der Waals surface area contributed by atoms with Crippen molar-refractivity contribution in [3.05, 3.63) is 24.0 Å². The van der Waals surface area contributed by atoms with Gasteiger partial charge in [-0.15, -0.1) is 0 Å². The average molecular weight is 304 g/mol. The predicted molar refractivity (Wildman–Crippen MR) is 66.7 cm³/mol. The lowest BCUT2D eigenvalue weighted by atomic mass is 10.1. The van der Waals surface area contributed by atoms with E-state index >= 15 is 0 Å². The van der Waals surface area contributed by atoms with Crippen LogP contribution in [-0.2, 0) is 11.3 Å². The van der Waals surface area contributed by atoms with Crippen molar-refractivity contribution < 1.29 is 27.9 Å². The molecule has 0 unspecified atom stereocenters. The summed E-state index contributed by atoms with van der Waals surface area (Å²) in [6.07, 6.45) is -1.93. The number of carbonyl (C=O) groups excluding carboxylic acids is 1. The zero-order chi connectivity index (χ0) is 15.6. The van der Waals surface area contributed by atoms with E-state index in [-0.39, 0.29) is 11.7 Å². The summed E-state index contributed by atoms with van der Waals surface area (Å²) in [5.74, 6) is -2.02. The second-order valence-corrected chi connectivity index (χ2v) is 5.16. The van der Waals surface area contributed by atoms with Crippen LogP contribution in [0, 0.1) is 5.92 Å². The molecule has 1 aromatic heterocycles. The molecule has 116 valence electrons. The Morgan fingerprint density at radius 1 is 1.38 bits per heavy atom. The maximum absolute atomic E-state index is 12.4. The second-order valence-electron chi connectivity index (χ2n) is 5.16. The molecule has 1 fully saturated rings. The van der Waals surface area contributed by atoms with Crippen molar-refractivity contribution in [1.82, 2.24) is 9.88 Å². The van der Waals surface area contributed by atoms with Crippen molar-refractivity contribution in [2.24, 2.45) is 5.92 Å². The van der Waals surface area contributed by atoms with Gasteiger partial charge in [-0.2, -0.15) is 13.2 Å². The third-order valence-electron chi connectivity index (χ3n) is 3.53. The van der Waals surface area contributed by atoms with E-state index in [0.29, 0.717) is 19.3 Å². The van der Waals surface area contributed by atoms with E-state index in [4.69, 9.17) is 5.11 Å². The third kappa shape index (κ3) is 3.99. The molecule has 0 saturated heterocycles. The average Bonchev–Trinajstić information content (AvgIpc) is 2.95. The van der Waals surface area contributed by atoms with Crippen LogP contribution in [0.5, 0.6) is 0 Å². The van der Waals surface area contributed by atoms with Gasteiger partial charge in [0.15, 0.2) is 0 Å². The SMILES string of the molecule is O=C(N[C@H]1CC[C@@H](C(=O)O)C1)c1cccn1CC(F)(F)F. The molecular formula is C13H15F3N2O3. The standard InChI is InChI=1S/C13H15F3N2O3/c14-13(15,16)7-18-5-1-2-10(18)11(19)17-9-4-3-8(6-9)12(20)21/h1-2,5,8-9H,3-4,6-7H2,(H,17,19)(H,20,21)/t8-,9+/m1/s1. The molecule has 5 nitrogen and oxygen atoms in total. The monoisotopic (exact) mass is 304 g/mol. The number of halogens is 3. The summed E-state index contributed by atoms with van der Waals surface area (Å²) in [5.41, 5.74) is -0.0777. The van der Waals surface area contributed by atoms with E-state index in [1.807, 2.05) is 0 Å². The molecule has 1 aromatic rings. The number of aromatic nitrogens is 1. The maximum Gasteiger partial charge on any atom is 0.406 e. The van der Waals surface area contributed by atoms with Crippen molar-refractivity contribution in [1.29, 1.82) is 0 Å². The van der Waals surface area contributed by atoms with E-state index < -0.39 is 30.5 Å². The number of carboxylic acid groups (broad SMARTS) is 1. The zero-order valence-electron chi connectivity index (χ0n) is 11.1. The second kappa shape index (κ2) is 5.79. The molecule has 0 aliphatic heterocycles. The summed E-state index contributed by atoms with van der Waals surface area (Å²) in [7, 11) is 0. The molecule has 2 atom stereocenters. The molecule has 21 heavy (non-hydrogen) atoms. The van der Waals surface area contributed by atoms with Gasteiger partial charge in [0.2, 0.25) is 0 Å². The number of nitrogens with one attached hydrogen (secondary N) is 1. The number of amides is 1. The normalized spacial score (nSPS) is 22.2. The number of hydrogen-bond donors (Lipinski definition) is 2. The molecule has 8 heteroatoms. The maximum atomic E-state index is 12.4. The summed E-state index contributed by atoms with van der Waals surface area (Å²) >= 11 is 0. The minimum Gasteiger partial charge on any atom is -0.481 e. The lowest BCUT2D eigenvalue weighted by Crippen LogP contribution is -2.35. The third-order valence-corrected chi connectivity index (χ3v) is 3.53. The molecule has 1 heterocycles. The van der Waals surface area contributed by atoms with Gasteiger partial charge in [-0.1, -0.05) is 0 Å². The number of nitrogens with zero attached hydrogens (tertiary/aromatic N) is 1. The van der Waals surface area contributed by atoms with Gasteiger partial charge >= 0.3 is 12.1 Å². The summed E-state index contributed by atoms with van der Waals surface area (Å²) in [6.45, 7) is -1.23. The number of rotatable bonds is 4. The van der Waals surface area contributed by atoms with Crippen LogP contribution in [0.2, 0.25) is 0 Å². The number of alkyl halides is 3. The molecular weight excluding hydrogens is 289 g/mol. The van der Waals surface area contributed by atoms with Gasteiger partial charge in [0.25, 0.3) is 5.91 Å². The van der Waals surface area contributed by atoms with Crippen LogP contribution >= 0.6 is 0 Å². The number of carboxylic acids is 1. The fraction of sp³-hybridized carbons (Fsp3) is 0.538. The Morgan fingerprint density at radius 2 is 2.10 bits per heavy atom. The van der Waals surface area contributed by atoms with Gasteiger partial charge < -0.3 is 15.0 Å². The summed E-state index contributed by atoms with van der Waals surface area (Å²) in [5, 5.41) is 11.5. The fourth-order valence-electron chi connectivity index (χ4n) is 2.55. The molecule has 0 radical (unpaired) electrons.